The highest BCUT2D eigenvalue weighted by Gasteiger charge is 2.43. The van der Waals surface area contributed by atoms with Gasteiger partial charge < -0.3 is 16.0 Å². The summed E-state index contributed by atoms with van der Waals surface area (Å²) >= 11 is 0. The first-order valence-electron chi connectivity index (χ1n) is 7.21. The summed E-state index contributed by atoms with van der Waals surface area (Å²) in [6.07, 6.45) is 6.73. The maximum absolute atomic E-state index is 11.7. The molecular formula is C14H27N3O. The fraction of sp³-hybridized carbons (Fsp3) is 0.929. The van der Waals surface area contributed by atoms with Gasteiger partial charge in [0.1, 0.15) is 0 Å². The molecule has 2 saturated carbocycles. The number of carbonyl (C=O) groups excluding carboxylic acids is 1. The number of hydrogen-bond donors (Lipinski definition) is 2. The Balaban J connectivity index is 2.03. The van der Waals surface area contributed by atoms with Gasteiger partial charge >= 0.3 is 0 Å². The molecule has 3 unspecified atom stereocenters. The first-order chi connectivity index (χ1) is 8.50. The third-order valence-corrected chi connectivity index (χ3v) is 5.20. The van der Waals surface area contributed by atoms with Crippen LogP contribution in [0.4, 0.5) is 0 Å². The van der Waals surface area contributed by atoms with E-state index in [1.165, 1.54) is 19.3 Å². The molecule has 4 nitrogen and oxygen atoms in total. The Hall–Kier alpha value is -0.610. The van der Waals surface area contributed by atoms with Crippen molar-refractivity contribution >= 4 is 5.91 Å². The molecule has 2 aliphatic carbocycles. The number of likely N-dealkylation sites (N-methyl/N-ethyl adjacent to an activating group) is 1. The minimum Gasteiger partial charge on any atom is -0.368 e. The van der Waals surface area contributed by atoms with Crippen molar-refractivity contribution in [3.05, 3.63) is 0 Å². The average molecular weight is 253 g/mol. The van der Waals surface area contributed by atoms with Crippen LogP contribution in [-0.4, -0.2) is 42.5 Å². The smallest absolute Gasteiger partial charge is 0.237 e. The van der Waals surface area contributed by atoms with Crippen LogP contribution in [0.5, 0.6) is 0 Å². The third kappa shape index (κ3) is 2.54. The summed E-state index contributed by atoms with van der Waals surface area (Å²) in [5.74, 6) is 0.677. The summed E-state index contributed by atoms with van der Waals surface area (Å²) < 4.78 is 0. The zero-order valence-electron chi connectivity index (χ0n) is 11.9. The molecule has 0 aromatic rings. The van der Waals surface area contributed by atoms with E-state index in [1.807, 2.05) is 7.05 Å². The van der Waals surface area contributed by atoms with Crippen molar-refractivity contribution in [2.24, 2.45) is 11.7 Å². The Morgan fingerprint density at radius 3 is 2.61 bits per heavy atom. The van der Waals surface area contributed by atoms with Crippen molar-refractivity contribution in [2.75, 3.05) is 14.1 Å². The quantitative estimate of drug-likeness (QED) is 0.771. The van der Waals surface area contributed by atoms with Gasteiger partial charge in [-0.3, -0.25) is 4.79 Å². The molecule has 0 aliphatic heterocycles. The molecule has 104 valence electrons. The highest BCUT2D eigenvalue weighted by molar-refractivity contribution is 5.84. The van der Waals surface area contributed by atoms with Crippen molar-refractivity contribution in [2.45, 2.75) is 63.1 Å². The van der Waals surface area contributed by atoms with Gasteiger partial charge in [0.05, 0.1) is 5.54 Å². The fourth-order valence-electron chi connectivity index (χ4n) is 3.41. The summed E-state index contributed by atoms with van der Waals surface area (Å²) in [6.45, 7) is 2.32. The van der Waals surface area contributed by atoms with Gasteiger partial charge in [0.25, 0.3) is 0 Å². The molecule has 2 fully saturated rings. The van der Waals surface area contributed by atoms with Crippen LogP contribution in [0, 0.1) is 5.92 Å². The number of rotatable bonds is 5. The van der Waals surface area contributed by atoms with Crippen molar-refractivity contribution in [1.29, 1.82) is 0 Å². The Morgan fingerprint density at radius 1 is 1.44 bits per heavy atom. The van der Waals surface area contributed by atoms with Gasteiger partial charge in [-0.15, -0.1) is 0 Å². The zero-order valence-corrected chi connectivity index (χ0v) is 11.9. The lowest BCUT2D eigenvalue weighted by atomic mass is 9.77. The van der Waals surface area contributed by atoms with Crippen LogP contribution in [0.25, 0.3) is 0 Å². The topological polar surface area (TPSA) is 58.4 Å². The molecule has 0 bridgehead atoms. The molecule has 18 heavy (non-hydrogen) atoms. The maximum atomic E-state index is 11.7. The third-order valence-electron chi connectivity index (χ3n) is 5.20. The van der Waals surface area contributed by atoms with E-state index < -0.39 is 5.54 Å². The SMILES string of the molecule is CNC1(C(N)=O)CCCC(N(C)C(C)C2CC2)C1. The number of nitrogens with two attached hydrogens (primary N) is 1. The molecule has 4 heteroatoms. The van der Waals surface area contributed by atoms with Gasteiger partial charge in [0.2, 0.25) is 5.91 Å². The van der Waals surface area contributed by atoms with Crippen LogP contribution in [0.2, 0.25) is 0 Å². The Labute approximate surface area is 110 Å². The van der Waals surface area contributed by atoms with Gasteiger partial charge in [-0.1, -0.05) is 0 Å². The van der Waals surface area contributed by atoms with Crippen LogP contribution in [0.3, 0.4) is 0 Å². The first-order valence-corrected chi connectivity index (χ1v) is 7.21. The zero-order chi connectivity index (χ0) is 13.3. The van der Waals surface area contributed by atoms with E-state index in [1.54, 1.807) is 0 Å². The van der Waals surface area contributed by atoms with E-state index in [4.69, 9.17) is 5.73 Å². The van der Waals surface area contributed by atoms with Gasteiger partial charge in [-0.25, -0.2) is 0 Å². The van der Waals surface area contributed by atoms with Crippen LogP contribution in [0.15, 0.2) is 0 Å². The first kappa shape index (κ1) is 13.8. The Morgan fingerprint density at radius 2 is 2.11 bits per heavy atom. The van der Waals surface area contributed by atoms with E-state index in [2.05, 4.69) is 24.2 Å². The van der Waals surface area contributed by atoms with Crippen LogP contribution in [-0.2, 0) is 4.79 Å². The molecule has 0 saturated heterocycles. The van der Waals surface area contributed by atoms with Gasteiger partial charge in [-0.2, -0.15) is 0 Å². The summed E-state index contributed by atoms with van der Waals surface area (Å²) in [5, 5.41) is 3.18. The summed E-state index contributed by atoms with van der Waals surface area (Å²) in [5.41, 5.74) is 5.12. The standard InChI is InChI=1S/C14H27N3O/c1-10(11-6-7-11)17(3)12-5-4-8-14(9-12,16-2)13(15)18/h10-12,16H,4-9H2,1-3H3,(H2,15,18). The fourth-order valence-corrected chi connectivity index (χ4v) is 3.41. The summed E-state index contributed by atoms with van der Waals surface area (Å²) in [7, 11) is 4.07. The highest BCUT2D eigenvalue weighted by atomic mass is 16.1. The van der Waals surface area contributed by atoms with E-state index in [-0.39, 0.29) is 5.91 Å². The Bertz CT molecular complexity index is 316. The van der Waals surface area contributed by atoms with Crippen molar-refractivity contribution in [3.8, 4) is 0 Å². The molecule has 1 amide bonds. The number of primary amides is 1. The largest absolute Gasteiger partial charge is 0.368 e. The van der Waals surface area contributed by atoms with Crippen LogP contribution in [0.1, 0.15) is 45.4 Å². The molecule has 0 radical (unpaired) electrons. The molecule has 3 atom stereocenters. The molecule has 0 spiro atoms. The molecule has 0 aromatic carbocycles. The van der Waals surface area contributed by atoms with Gasteiger partial charge in [0, 0.05) is 12.1 Å². The number of carbonyl (C=O) groups is 1. The second kappa shape index (κ2) is 5.17. The minimum absolute atomic E-state index is 0.192. The molecule has 0 aromatic heterocycles. The molecule has 0 heterocycles. The van der Waals surface area contributed by atoms with Crippen LogP contribution >= 0.6 is 0 Å². The number of nitrogens with zero attached hydrogens (tertiary/aromatic N) is 1. The second-order valence-electron chi connectivity index (χ2n) is 6.19. The van der Waals surface area contributed by atoms with Crippen molar-refractivity contribution in [3.63, 3.8) is 0 Å². The summed E-state index contributed by atoms with van der Waals surface area (Å²) in [6, 6.07) is 1.12. The Kier molecular flexibility index (Phi) is 3.97. The number of hydrogen-bond acceptors (Lipinski definition) is 3. The number of nitrogens with one attached hydrogen (secondary N) is 1. The monoisotopic (exact) mass is 253 g/mol. The van der Waals surface area contributed by atoms with Crippen molar-refractivity contribution < 1.29 is 4.79 Å². The second-order valence-corrected chi connectivity index (χ2v) is 6.19. The molecule has 2 rings (SSSR count). The molecular weight excluding hydrogens is 226 g/mol. The predicted molar refractivity (Wildman–Crippen MR) is 73.2 cm³/mol. The lowest BCUT2D eigenvalue weighted by Crippen LogP contribution is -2.60. The minimum atomic E-state index is -0.486. The number of amides is 1. The summed E-state index contributed by atoms with van der Waals surface area (Å²) in [4.78, 5) is 14.2. The predicted octanol–water partition coefficient (Wildman–Crippen LogP) is 1.10. The van der Waals surface area contributed by atoms with E-state index >= 15 is 0 Å². The van der Waals surface area contributed by atoms with E-state index in [9.17, 15) is 4.79 Å². The average Bonchev–Trinajstić information content (AvgIpc) is 3.21. The molecule has 3 N–H and O–H groups in total. The van der Waals surface area contributed by atoms with E-state index in [0.29, 0.717) is 12.1 Å². The molecule has 2 aliphatic rings. The van der Waals surface area contributed by atoms with Crippen molar-refractivity contribution in [1.82, 2.24) is 10.2 Å². The maximum Gasteiger partial charge on any atom is 0.237 e. The van der Waals surface area contributed by atoms with Crippen LogP contribution < -0.4 is 11.1 Å². The lowest BCUT2D eigenvalue weighted by Gasteiger charge is -2.43. The van der Waals surface area contributed by atoms with Gasteiger partial charge in [0.15, 0.2) is 0 Å². The highest BCUT2D eigenvalue weighted by Crippen LogP contribution is 2.38. The van der Waals surface area contributed by atoms with Gasteiger partial charge in [-0.05, 0) is 65.5 Å². The normalized spacial score (nSPS) is 34.6. The lowest BCUT2D eigenvalue weighted by molar-refractivity contribution is -0.126. The van der Waals surface area contributed by atoms with E-state index in [0.717, 1.165) is 25.2 Å².